The molecule has 0 bridgehead atoms. The Morgan fingerprint density at radius 1 is 1.58 bits per heavy atom. The minimum Gasteiger partial charge on any atom is -0.351 e. The Morgan fingerprint density at radius 2 is 2.37 bits per heavy atom. The van der Waals surface area contributed by atoms with Crippen LogP contribution in [0.2, 0.25) is 0 Å². The topological polar surface area (TPSA) is 92.7 Å². The maximum atomic E-state index is 12.0. The number of rotatable bonds is 4. The molecule has 1 fully saturated rings. The molecule has 0 aromatic carbocycles. The van der Waals surface area contributed by atoms with Crippen LogP contribution in [0.15, 0.2) is 11.1 Å². The maximum absolute atomic E-state index is 12.0. The molecule has 0 saturated heterocycles. The van der Waals surface area contributed by atoms with Gasteiger partial charge in [-0.25, -0.2) is 4.98 Å². The summed E-state index contributed by atoms with van der Waals surface area (Å²) in [6, 6.07) is 0. The van der Waals surface area contributed by atoms with Crippen LogP contribution < -0.4 is 10.9 Å². The summed E-state index contributed by atoms with van der Waals surface area (Å²) in [4.78, 5) is 27.9. The molecular weight excluding hydrogens is 246 g/mol. The van der Waals surface area contributed by atoms with Crippen LogP contribution in [0.1, 0.15) is 29.8 Å². The van der Waals surface area contributed by atoms with Gasteiger partial charge in [-0.3, -0.25) is 14.7 Å². The molecule has 19 heavy (non-hydrogen) atoms. The maximum Gasteiger partial charge on any atom is 0.279 e. The minimum atomic E-state index is -0.285. The zero-order valence-electron chi connectivity index (χ0n) is 10.6. The van der Waals surface area contributed by atoms with Crippen molar-refractivity contribution in [2.75, 3.05) is 6.54 Å². The normalized spacial score (nSPS) is 14.8. The van der Waals surface area contributed by atoms with Crippen LogP contribution >= 0.6 is 0 Å². The van der Waals surface area contributed by atoms with Gasteiger partial charge in [0.05, 0.1) is 6.33 Å². The lowest BCUT2D eigenvalue weighted by Crippen LogP contribution is -2.25. The molecule has 2 aromatic rings. The Hall–Kier alpha value is -2.18. The van der Waals surface area contributed by atoms with E-state index in [1.54, 1.807) is 7.05 Å². The molecule has 2 heterocycles. The highest BCUT2D eigenvalue weighted by Crippen LogP contribution is 2.31. The Kier molecular flexibility index (Phi) is 2.81. The van der Waals surface area contributed by atoms with Crippen LogP contribution in [0.25, 0.3) is 11.0 Å². The molecule has 0 spiro atoms. The lowest BCUT2D eigenvalue weighted by Gasteiger charge is -2.02. The van der Waals surface area contributed by atoms with Gasteiger partial charge in [-0.05, 0) is 12.3 Å². The molecule has 1 saturated carbocycles. The van der Waals surface area contributed by atoms with E-state index in [0.29, 0.717) is 12.1 Å². The monoisotopic (exact) mass is 261 g/mol. The number of hydrogen-bond acceptors (Lipinski definition) is 4. The van der Waals surface area contributed by atoms with Crippen LogP contribution in [-0.2, 0) is 7.05 Å². The molecule has 100 valence electrons. The summed E-state index contributed by atoms with van der Waals surface area (Å²) in [5.41, 5.74) is 0.530. The van der Waals surface area contributed by atoms with Crippen LogP contribution in [0.5, 0.6) is 0 Å². The first-order chi connectivity index (χ1) is 9.16. The molecule has 0 radical (unpaired) electrons. The number of amides is 1. The van der Waals surface area contributed by atoms with E-state index in [0.717, 1.165) is 12.3 Å². The average molecular weight is 261 g/mol. The second-order valence-corrected chi connectivity index (χ2v) is 4.94. The number of carbonyl (C=O) groups excluding carboxylic acids is 1. The van der Waals surface area contributed by atoms with Gasteiger partial charge in [-0.2, -0.15) is 5.10 Å². The van der Waals surface area contributed by atoms with Crippen molar-refractivity contribution in [1.82, 2.24) is 25.1 Å². The third kappa shape index (κ3) is 2.23. The van der Waals surface area contributed by atoms with Gasteiger partial charge in [0.2, 0.25) is 0 Å². The van der Waals surface area contributed by atoms with E-state index in [2.05, 4.69) is 20.5 Å². The van der Waals surface area contributed by atoms with Crippen LogP contribution in [0, 0.1) is 5.92 Å². The van der Waals surface area contributed by atoms with E-state index in [9.17, 15) is 9.59 Å². The third-order valence-electron chi connectivity index (χ3n) is 3.39. The molecule has 1 aliphatic rings. The van der Waals surface area contributed by atoms with Crippen LogP contribution in [-0.4, -0.2) is 32.2 Å². The Morgan fingerprint density at radius 3 is 3.11 bits per heavy atom. The van der Waals surface area contributed by atoms with Gasteiger partial charge in [0, 0.05) is 13.6 Å². The van der Waals surface area contributed by atoms with Crippen LogP contribution in [0.3, 0.4) is 0 Å². The van der Waals surface area contributed by atoms with Crippen molar-refractivity contribution in [2.24, 2.45) is 13.0 Å². The predicted molar refractivity (Wildman–Crippen MR) is 68.8 cm³/mol. The predicted octanol–water partition coefficient (Wildman–Crippen LogP) is 0.186. The highest BCUT2D eigenvalue weighted by molar-refractivity contribution is 6.02. The lowest BCUT2D eigenvalue weighted by molar-refractivity contribution is 0.0949. The van der Waals surface area contributed by atoms with E-state index in [1.165, 1.54) is 23.7 Å². The molecule has 0 aliphatic heterocycles. The minimum absolute atomic E-state index is 0.184. The van der Waals surface area contributed by atoms with Crippen molar-refractivity contribution in [3.8, 4) is 0 Å². The summed E-state index contributed by atoms with van der Waals surface area (Å²) in [5.74, 6) is 0.481. The second-order valence-electron chi connectivity index (χ2n) is 4.94. The van der Waals surface area contributed by atoms with E-state index in [-0.39, 0.29) is 22.7 Å². The molecule has 1 amide bonds. The first kappa shape index (κ1) is 11.9. The average Bonchev–Trinajstić information content (AvgIpc) is 3.11. The zero-order chi connectivity index (χ0) is 13.4. The number of nitrogens with one attached hydrogen (secondary N) is 2. The lowest BCUT2D eigenvalue weighted by atomic mass is 10.3. The van der Waals surface area contributed by atoms with Gasteiger partial charge in [0.25, 0.3) is 11.5 Å². The van der Waals surface area contributed by atoms with Crippen molar-refractivity contribution in [1.29, 1.82) is 0 Å². The van der Waals surface area contributed by atoms with Crippen molar-refractivity contribution >= 4 is 16.9 Å². The van der Waals surface area contributed by atoms with E-state index in [4.69, 9.17) is 0 Å². The molecule has 0 unspecified atom stereocenters. The Bertz CT molecular complexity index is 683. The van der Waals surface area contributed by atoms with Gasteiger partial charge >= 0.3 is 0 Å². The highest BCUT2D eigenvalue weighted by Gasteiger charge is 2.22. The second kappa shape index (κ2) is 4.49. The summed E-state index contributed by atoms with van der Waals surface area (Å²) in [6.45, 7) is 0.642. The van der Waals surface area contributed by atoms with E-state index >= 15 is 0 Å². The van der Waals surface area contributed by atoms with Gasteiger partial charge < -0.3 is 9.88 Å². The number of aromatic amines is 1. The van der Waals surface area contributed by atoms with Crippen molar-refractivity contribution in [2.45, 2.75) is 19.3 Å². The number of aryl methyl sites for hydroxylation is 1. The van der Waals surface area contributed by atoms with Crippen molar-refractivity contribution in [3.63, 3.8) is 0 Å². The number of aromatic nitrogens is 4. The molecular formula is C12H15N5O2. The standard InChI is InChI=1S/C12H15N5O2/c1-17-6-14-8-9(15-16-10(8)12(17)19)11(18)13-5-4-7-2-3-7/h6-7H,2-5H2,1H3,(H,13,18)(H,15,16). The van der Waals surface area contributed by atoms with Crippen LogP contribution in [0.4, 0.5) is 0 Å². The summed E-state index contributed by atoms with van der Waals surface area (Å²) in [6.07, 6.45) is 4.92. The fourth-order valence-electron chi connectivity index (χ4n) is 2.02. The number of fused-ring (bicyclic) bond motifs is 1. The summed E-state index contributed by atoms with van der Waals surface area (Å²) >= 11 is 0. The molecule has 7 heteroatoms. The molecule has 2 N–H and O–H groups in total. The summed E-state index contributed by atoms with van der Waals surface area (Å²) in [5, 5.41) is 9.29. The summed E-state index contributed by atoms with van der Waals surface area (Å²) in [7, 11) is 1.60. The van der Waals surface area contributed by atoms with Gasteiger partial charge in [0.15, 0.2) is 11.2 Å². The fraction of sp³-hybridized carbons (Fsp3) is 0.500. The number of carbonyl (C=O) groups is 1. The largest absolute Gasteiger partial charge is 0.351 e. The molecule has 2 aromatic heterocycles. The molecule has 3 rings (SSSR count). The number of H-pyrrole nitrogens is 1. The van der Waals surface area contributed by atoms with E-state index in [1.807, 2.05) is 0 Å². The molecule has 1 aliphatic carbocycles. The SMILES string of the molecule is Cn1cnc2c(C(=O)NCCC3CC3)n[nH]c2c1=O. The highest BCUT2D eigenvalue weighted by atomic mass is 16.2. The first-order valence-corrected chi connectivity index (χ1v) is 6.34. The Labute approximate surface area is 109 Å². The third-order valence-corrected chi connectivity index (χ3v) is 3.39. The van der Waals surface area contributed by atoms with Crippen molar-refractivity contribution < 1.29 is 4.79 Å². The van der Waals surface area contributed by atoms with Gasteiger partial charge in [0.1, 0.15) is 5.52 Å². The molecule has 0 atom stereocenters. The van der Waals surface area contributed by atoms with E-state index < -0.39 is 0 Å². The first-order valence-electron chi connectivity index (χ1n) is 6.34. The quantitative estimate of drug-likeness (QED) is 0.821. The summed E-state index contributed by atoms with van der Waals surface area (Å²) < 4.78 is 1.34. The molecule has 7 nitrogen and oxygen atoms in total. The van der Waals surface area contributed by atoms with Crippen molar-refractivity contribution in [3.05, 3.63) is 22.4 Å². The zero-order valence-corrected chi connectivity index (χ0v) is 10.6. The fourth-order valence-corrected chi connectivity index (χ4v) is 2.02. The number of nitrogens with zero attached hydrogens (tertiary/aromatic N) is 3. The smallest absolute Gasteiger partial charge is 0.279 e. The van der Waals surface area contributed by atoms with Gasteiger partial charge in [-0.15, -0.1) is 0 Å². The Balaban J connectivity index is 1.81. The van der Waals surface area contributed by atoms with Gasteiger partial charge in [-0.1, -0.05) is 12.8 Å². The number of hydrogen-bond donors (Lipinski definition) is 2.